The molecule has 0 spiro atoms. The standard InChI is InChI=1S/2C14H20N2O6.2C12H16N2O5.2C10H16/c2*1-6-21-14(20)16(11(17)9(2)3)13(19)15-7-8-22-12(18)10(4)5;2*1-6-19-12(18)14(10(16)8(4)5)11(17)13-9(15)7(2)3;2*1-2-9-7-4-5-8(6-7)10(9)3-1/h2*2,4,6-8H2,1,3,5H3,(H,15,19);2*2,4,6H2,1,3,5H3,(H,13,15,17);2*7-10H,1-6H2. The summed E-state index contributed by atoms with van der Waals surface area (Å²) >= 11 is 0. The van der Waals surface area contributed by atoms with Crippen LogP contribution in [-0.2, 0) is 66.8 Å². The smallest absolute Gasteiger partial charge is 0.425 e. The summed E-state index contributed by atoms with van der Waals surface area (Å²) < 4.78 is 27.9. The fourth-order valence-corrected chi connectivity index (χ4v) is 12.1. The van der Waals surface area contributed by atoms with Gasteiger partial charge in [0.1, 0.15) is 13.2 Å². The van der Waals surface area contributed by atoms with Crippen molar-refractivity contribution in [3.63, 3.8) is 0 Å². The van der Waals surface area contributed by atoms with Crippen LogP contribution >= 0.6 is 0 Å². The third-order valence-corrected chi connectivity index (χ3v) is 16.7. The lowest BCUT2D eigenvalue weighted by Crippen LogP contribution is -2.49. The molecule has 0 aromatic carbocycles. The molecule has 0 aromatic heterocycles. The van der Waals surface area contributed by atoms with Crippen LogP contribution < -0.4 is 21.3 Å². The summed E-state index contributed by atoms with van der Waals surface area (Å²) in [5, 5.41) is 8.22. The van der Waals surface area contributed by atoms with E-state index in [1.807, 2.05) is 10.6 Å². The minimum absolute atomic E-state index is 0.00229. The Hall–Kier alpha value is -10.2. The maximum atomic E-state index is 11.9. The van der Waals surface area contributed by atoms with Gasteiger partial charge < -0.3 is 39.1 Å². The van der Waals surface area contributed by atoms with Gasteiger partial charge in [0.05, 0.1) is 39.5 Å². The first-order valence-electron chi connectivity index (χ1n) is 33.7. The molecule has 6 aliphatic carbocycles. The van der Waals surface area contributed by atoms with Gasteiger partial charge >= 0.3 is 60.4 Å². The molecule has 6 rings (SSSR count). The zero-order valence-corrected chi connectivity index (χ0v) is 61.2. The van der Waals surface area contributed by atoms with E-state index in [0.717, 1.165) is 0 Å². The van der Waals surface area contributed by atoms with Gasteiger partial charge in [0.2, 0.25) is 0 Å². The van der Waals surface area contributed by atoms with Crippen molar-refractivity contribution in [2.24, 2.45) is 47.3 Å². The molecule has 18 amide bonds. The van der Waals surface area contributed by atoms with E-state index < -0.39 is 95.9 Å². The van der Waals surface area contributed by atoms with Gasteiger partial charge in [-0.05, 0) is 195 Å². The molecule has 0 aliphatic heterocycles. The van der Waals surface area contributed by atoms with Crippen LogP contribution in [0.25, 0.3) is 0 Å². The molecule has 102 heavy (non-hydrogen) atoms. The summed E-state index contributed by atoms with van der Waals surface area (Å²) in [5.74, 6) is 3.13. The molecule has 30 nitrogen and oxygen atoms in total. The van der Waals surface area contributed by atoms with Gasteiger partial charge in [-0.1, -0.05) is 65.5 Å². The fourth-order valence-electron chi connectivity index (χ4n) is 12.1. The van der Waals surface area contributed by atoms with Crippen molar-refractivity contribution in [2.75, 3.05) is 52.7 Å². The van der Waals surface area contributed by atoms with Crippen LogP contribution in [0.4, 0.5) is 38.4 Å². The van der Waals surface area contributed by atoms with Crippen molar-refractivity contribution in [3.8, 4) is 0 Å². The van der Waals surface area contributed by atoms with E-state index in [1.54, 1.807) is 77.0 Å². The number of hydrogen-bond acceptors (Lipinski definition) is 22. The monoisotopic (exact) mass is 1430 g/mol. The Labute approximate surface area is 597 Å². The summed E-state index contributed by atoms with van der Waals surface area (Å²) in [7, 11) is 0. The predicted molar refractivity (Wildman–Crippen MR) is 373 cm³/mol. The third-order valence-electron chi connectivity index (χ3n) is 16.7. The van der Waals surface area contributed by atoms with E-state index in [-0.39, 0.29) is 107 Å². The van der Waals surface area contributed by atoms with Crippen LogP contribution in [0.5, 0.6) is 0 Å². The van der Waals surface area contributed by atoms with Crippen LogP contribution in [0, 0.1) is 47.3 Å². The molecule has 6 fully saturated rings. The van der Waals surface area contributed by atoms with Crippen LogP contribution in [0.3, 0.4) is 0 Å². The average Bonchev–Trinajstić information content (AvgIpc) is 1.63. The number of urea groups is 4. The molecule has 6 saturated carbocycles. The highest BCUT2D eigenvalue weighted by Crippen LogP contribution is 2.59. The molecule has 30 heteroatoms. The number of imide groups is 14. The van der Waals surface area contributed by atoms with E-state index in [1.165, 1.54) is 130 Å². The van der Waals surface area contributed by atoms with Gasteiger partial charge in [-0.2, -0.15) is 19.6 Å². The quantitative estimate of drug-likeness (QED) is 0.0428. The molecule has 6 aliphatic rings. The number of nitrogens with zero attached hydrogens (tertiary/aromatic N) is 4. The molecule has 0 radical (unpaired) electrons. The second-order valence-electron chi connectivity index (χ2n) is 25.0. The van der Waals surface area contributed by atoms with Crippen molar-refractivity contribution >= 4 is 95.9 Å². The van der Waals surface area contributed by atoms with Gasteiger partial charge in [0.25, 0.3) is 35.4 Å². The number of nitrogens with one attached hydrogen (secondary N) is 4. The second kappa shape index (κ2) is 44.9. The summed E-state index contributed by atoms with van der Waals surface area (Å²) in [6.45, 7) is 43.6. The molecule has 8 atom stereocenters. The molecular formula is C72H104N8O22. The van der Waals surface area contributed by atoms with Crippen molar-refractivity contribution in [1.29, 1.82) is 0 Å². The highest BCUT2D eigenvalue weighted by Gasteiger charge is 2.50. The van der Waals surface area contributed by atoms with Gasteiger partial charge in [-0.25, -0.2) is 47.9 Å². The minimum atomic E-state index is -1.21. The number of ether oxygens (including phenoxy) is 6. The Morgan fingerprint density at radius 1 is 0.314 bits per heavy atom. The van der Waals surface area contributed by atoms with E-state index >= 15 is 0 Å². The molecule has 0 saturated heterocycles. The highest BCUT2D eigenvalue weighted by atomic mass is 16.6. The summed E-state index contributed by atoms with van der Waals surface area (Å²) in [4.78, 5) is 186. The van der Waals surface area contributed by atoms with Crippen molar-refractivity contribution in [2.45, 2.75) is 160 Å². The summed E-state index contributed by atoms with van der Waals surface area (Å²) in [6, 6.07) is -4.39. The van der Waals surface area contributed by atoms with Gasteiger partial charge in [0, 0.05) is 44.6 Å². The Kier molecular flexibility index (Phi) is 39.5. The number of amides is 18. The molecule has 564 valence electrons. The van der Waals surface area contributed by atoms with Gasteiger partial charge in [0.15, 0.2) is 0 Å². The Morgan fingerprint density at radius 3 is 0.735 bits per heavy atom. The molecule has 4 N–H and O–H groups in total. The third kappa shape index (κ3) is 28.5. The lowest BCUT2D eigenvalue weighted by molar-refractivity contribution is -0.139. The number of hydrogen-bond donors (Lipinski definition) is 4. The van der Waals surface area contributed by atoms with Crippen LogP contribution in [0.15, 0.2) is 97.2 Å². The second-order valence-corrected chi connectivity index (χ2v) is 25.0. The first-order valence-corrected chi connectivity index (χ1v) is 33.7. The molecule has 0 heterocycles. The molecule has 4 bridgehead atoms. The molecular weight excluding hydrogens is 1330 g/mol. The number of esters is 2. The van der Waals surface area contributed by atoms with Crippen LogP contribution in [0.2, 0.25) is 0 Å². The maximum absolute atomic E-state index is 11.9. The first-order chi connectivity index (χ1) is 47.8. The Morgan fingerprint density at radius 2 is 0.539 bits per heavy atom. The number of carbonyl (C=O) groups is 16. The summed E-state index contributed by atoms with van der Waals surface area (Å²) in [5.41, 5.74) is 0.444. The van der Waals surface area contributed by atoms with E-state index in [0.29, 0.717) is 9.80 Å². The van der Waals surface area contributed by atoms with Crippen molar-refractivity contribution in [1.82, 2.24) is 40.9 Å². The maximum Gasteiger partial charge on any atom is 0.425 e. The normalized spacial score (nSPS) is 18.8. The largest absolute Gasteiger partial charge is 0.460 e. The van der Waals surface area contributed by atoms with Crippen molar-refractivity contribution < 1.29 is 105 Å². The Bertz CT molecular complexity index is 3020. The molecule has 0 aromatic rings. The lowest BCUT2D eigenvalue weighted by Gasteiger charge is -2.23. The minimum Gasteiger partial charge on any atom is -0.460 e. The van der Waals surface area contributed by atoms with Gasteiger partial charge in [-0.15, -0.1) is 0 Å². The number of carbonyl (C=O) groups excluding carboxylic acids is 16. The first kappa shape index (κ1) is 89.9. The van der Waals surface area contributed by atoms with Crippen LogP contribution in [0.1, 0.15) is 160 Å². The van der Waals surface area contributed by atoms with E-state index in [2.05, 4.69) is 82.2 Å². The fraction of sp³-hybridized carbons (Fsp3) is 0.556. The molecule has 8 unspecified atom stereocenters. The Balaban J connectivity index is 0.000000622. The average molecular weight is 1430 g/mol. The zero-order chi connectivity index (χ0) is 78.0. The number of rotatable bonds is 18. The highest BCUT2D eigenvalue weighted by molar-refractivity contribution is 6.19. The number of fused-ring (bicyclic) bond motifs is 10. The van der Waals surface area contributed by atoms with Crippen molar-refractivity contribution in [3.05, 3.63) is 97.2 Å². The van der Waals surface area contributed by atoms with E-state index in [9.17, 15) is 76.7 Å². The zero-order valence-electron chi connectivity index (χ0n) is 61.2. The van der Waals surface area contributed by atoms with Crippen LogP contribution in [-0.4, -0.2) is 168 Å². The van der Waals surface area contributed by atoms with E-state index in [4.69, 9.17) is 9.47 Å². The SMILES string of the molecule is C1CC2C3CCC(C3)C2C1.C1CC2C3CCC(C3)C2C1.C=C(C)C(=O)NC(=O)N(C(=O)OCC)C(=O)C(=C)C.C=C(C)C(=O)NC(=O)N(C(=O)OCC)C(=O)C(=C)C.C=C(C)C(=O)OCCNC(=O)N(C(=O)OCC)C(=O)C(=C)C.C=C(C)C(=O)OCCNC(=O)N(C(=O)OCC)C(=O)C(=C)C. The lowest BCUT2D eigenvalue weighted by atomic mass is 9.82. The predicted octanol–water partition coefficient (Wildman–Crippen LogP) is 11.1. The summed E-state index contributed by atoms with van der Waals surface area (Å²) in [6.07, 6.45) is 14.5. The topological polar surface area (TPSA) is 390 Å². The van der Waals surface area contributed by atoms with Gasteiger partial charge in [-0.3, -0.25) is 39.4 Å².